The van der Waals surface area contributed by atoms with Gasteiger partial charge in [0.1, 0.15) is 11.4 Å². The molecule has 0 N–H and O–H groups in total. The number of fused-ring (bicyclic) bond motifs is 7. The van der Waals surface area contributed by atoms with E-state index in [-0.39, 0.29) is 5.78 Å². The Morgan fingerprint density at radius 1 is 0.537 bits per heavy atom. The number of hydrogen-bond acceptors (Lipinski definition) is 4. The van der Waals surface area contributed by atoms with Gasteiger partial charge in [0.25, 0.3) is 0 Å². The van der Waals surface area contributed by atoms with E-state index in [9.17, 15) is 4.79 Å². The lowest BCUT2D eigenvalue weighted by Gasteiger charge is -2.18. The fourth-order valence-electron chi connectivity index (χ4n) is 6.39. The van der Waals surface area contributed by atoms with E-state index in [1.54, 1.807) is 24.5 Å². The number of carbonyl (C=O) groups is 1. The largest absolute Gasteiger partial charge is 0.309 e. The minimum absolute atomic E-state index is 0.115. The third-order valence-corrected chi connectivity index (χ3v) is 8.22. The first kappa shape index (κ1) is 22.2. The van der Waals surface area contributed by atoms with E-state index in [1.807, 2.05) is 12.1 Å². The van der Waals surface area contributed by atoms with Gasteiger partial charge in [-0.05, 0) is 65.0 Å². The summed E-state index contributed by atoms with van der Waals surface area (Å²) in [5.74, 6) is -0.115. The van der Waals surface area contributed by atoms with Gasteiger partial charge in [-0.1, -0.05) is 60.7 Å². The molecule has 0 saturated heterocycles. The minimum atomic E-state index is -0.115. The molecule has 0 unspecified atom stereocenters. The van der Waals surface area contributed by atoms with Gasteiger partial charge in [-0.3, -0.25) is 14.8 Å². The Morgan fingerprint density at radius 3 is 2.29 bits per heavy atom. The highest BCUT2D eigenvalue weighted by Crippen LogP contribution is 2.40. The number of rotatable bonds is 2. The van der Waals surface area contributed by atoms with Gasteiger partial charge in [-0.15, -0.1) is 0 Å². The zero-order valence-corrected chi connectivity index (χ0v) is 21.7. The standard InChI is InChI=1S/C36H20N4O/c41-36-27-10-6-17-37-33(27)34-32-26(16-18-38-34)24-14-13-23(20-29(24)39-35(32)36)40-30-11-5-4-9-25(30)28-19-22(12-15-31(28)40)21-7-2-1-3-8-21/h1-20H. The number of pyridine rings is 3. The third-order valence-electron chi connectivity index (χ3n) is 8.22. The van der Waals surface area contributed by atoms with Gasteiger partial charge in [-0.25, -0.2) is 4.98 Å². The molecule has 0 spiro atoms. The Balaban J connectivity index is 1.31. The molecule has 1 aliphatic rings. The average molecular weight is 525 g/mol. The van der Waals surface area contributed by atoms with Crippen LogP contribution in [0.5, 0.6) is 0 Å². The SMILES string of the molecule is O=C1c2cccnc2-c2nccc3c2c1nc1cc(-n2c4ccccc4c4cc(-c5ccccc5)ccc42)ccc13. The molecule has 4 aromatic heterocycles. The molecule has 1 aliphatic carbocycles. The second-order valence-corrected chi connectivity index (χ2v) is 10.4. The van der Waals surface area contributed by atoms with Gasteiger partial charge in [0.2, 0.25) is 5.78 Å². The molecule has 0 aliphatic heterocycles. The van der Waals surface area contributed by atoms with Crippen LogP contribution in [0.3, 0.4) is 0 Å². The van der Waals surface area contributed by atoms with Crippen molar-refractivity contribution in [2.24, 2.45) is 0 Å². The Bertz CT molecular complexity index is 2390. The lowest BCUT2D eigenvalue weighted by Crippen LogP contribution is -2.14. The van der Waals surface area contributed by atoms with Crippen LogP contribution in [0, 0.1) is 0 Å². The average Bonchev–Trinajstić information content (AvgIpc) is 3.37. The van der Waals surface area contributed by atoms with Crippen LogP contribution in [-0.4, -0.2) is 25.3 Å². The van der Waals surface area contributed by atoms with E-state index in [0.29, 0.717) is 22.6 Å². The summed E-state index contributed by atoms with van der Waals surface area (Å²) in [5, 5.41) is 5.10. The molecule has 0 saturated carbocycles. The minimum Gasteiger partial charge on any atom is -0.309 e. The maximum atomic E-state index is 13.6. The van der Waals surface area contributed by atoms with Crippen LogP contribution in [0.15, 0.2) is 122 Å². The lowest BCUT2D eigenvalue weighted by atomic mass is 9.90. The van der Waals surface area contributed by atoms with Crippen LogP contribution in [-0.2, 0) is 0 Å². The van der Waals surface area contributed by atoms with Gasteiger partial charge >= 0.3 is 0 Å². The fraction of sp³-hybridized carbons (Fsp3) is 0. The van der Waals surface area contributed by atoms with Gasteiger partial charge in [-0.2, -0.15) is 0 Å². The highest BCUT2D eigenvalue weighted by molar-refractivity contribution is 6.27. The molecule has 0 amide bonds. The van der Waals surface area contributed by atoms with Crippen molar-refractivity contribution in [2.75, 3.05) is 0 Å². The molecule has 0 fully saturated rings. The molecule has 4 aromatic carbocycles. The first-order chi connectivity index (χ1) is 20.3. The predicted molar refractivity (Wildman–Crippen MR) is 163 cm³/mol. The van der Waals surface area contributed by atoms with E-state index in [0.717, 1.165) is 38.4 Å². The van der Waals surface area contributed by atoms with Crippen LogP contribution in [0.25, 0.3) is 71.7 Å². The van der Waals surface area contributed by atoms with Crippen molar-refractivity contribution >= 4 is 49.3 Å². The van der Waals surface area contributed by atoms with Gasteiger partial charge in [0.15, 0.2) is 0 Å². The molecule has 5 heteroatoms. The highest BCUT2D eigenvalue weighted by Gasteiger charge is 2.29. The number of para-hydroxylation sites is 1. The molecule has 0 radical (unpaired) electrons. The van der Waals surface area contributed by atoms with E-state index in [2.05, 4.69) is 99.5 Å². The number of benzene rings is 4. The molecule has 190 valence electrons. The molecule has 8 aromatic rings. The van der Waals surface area contributed by atoms with Crippen molar-refractivity contribution in [2.45, 2.75) is 0 Å². The molecule has 5 nitrogen and oxygen atoms in total. The Morgan fingerprint density at radius 2 is 1.37 bits per heavy atom. The summed E-state index contributed by atoms with van der Waals surface area (Å²) >= 11 is 0. The van der Waals surface area contributed by atoms with E-state index >= 15 is 0 Å². The van der Waals surface area contributed by atoms with Crippen LogP contribution in [0.1, 0.15) is 16.1 Å². The smallest absolute Gasteiger partial charge is 0.214 e. The Hall–Kier alpha value is -5.68. The van der Waals surface area contributed by atoms with Crippen LogP contribution in [0.2, 0.25) is 0 Å². The summed E-state index contributed by atoms with van der Waals surface area (Å²) in [6.45, 7) is 0. The number of carbonyl (C=O) groups excluding carboxylic acids is 1. The fourth-order valence-corrected chi connectivity index (χ4v) is 6.39. The molecular formula is C36H20N4O. The Kier molecular flexibility index (Phi) is 4.41. The highest BCUT2D eigenvalue weighted by atomic mass is 16.1. The normalized spacial score (nSPS) is 12.4. The molecule has 0 bridgehead atoms. The zero-order chi connectivity index (χ0) is 27.1. The molecular weight excluding hydrogens is 504 g/mol. The second-order valence-electron chi connectivity index (χ2n) is 10.4. The lowest BCUT2D eigenvalue weighted by molar-refractivity contribution is 0.103. The van der Waals surface area contributed by atoms with Gasteiger partial charge in [0.05, 0.1) is 27.8 Å². The van der Waals surface area contributed by atoms with Crippen LogP contribution >= 0.6 is 0 Å². The first-order valence-corrected chi connectivity index (χ1v) is 13.6. The molecule has 4 heterocycles. The summed E-state index contributed by atoms with van der Waals surface area (Å²) < 4.78 is 2.29. The van der Waals surface area contributed by atoms with Crippen molar-refractivity contribution in [3.8, 4) is 28.2 Å². The zero-order valence-electron chi connectivity index (χ0n) is 21.7. The predicted octanol–water partition coefficient (Wildman–Crippen LogP) is 8.15. The van der Waals surface area contributed by atoms with Gasteiger partial charge < -0.3 is 4.57 Å². The van der Waals surface area contributed by atoms with Crippen molar-refractivity contribution in [3.05, 3.63) is 133 Å². The number of ketones is 1. The number of aromatic nitrogens is 4. The van der Waals surface area contributed by atoms with E-state index in [4.69, 9.17) is 4.98 Å². The maximum Gasteiger partial charge on any atom is 0.214 e. The molecule has 41 heavy (non-hydrogen) atoms. The van der Waals surface area contributed by atoms with E-state index in [1.165, 1.54) is 21.9 Å². The van der Waals surface area contributed by atoms with Gasteiger partial charge in [0, 0.05) is 39.6 Å². The maximum absolute atomic E-state index is 13.6. The number of nitrogens with zero attached hydrogens (tertiary/aromatic N) is 4. The molecule has 9 rings (SSSR count). The summed E-state index contributed by atoms with van der Waals surface area (Å²) in [4.78, 5) is 27.7. The first-order valence-electron chi connectivity index (χ1n) is 13.6. The topological polar surface area (TPSA) is 60.7 Å². The van der Waals surface area contributed by atoms with E-state index < -0.39 is 0 Å². The molecule has 0 atom stereocenters. The third kappa shape index (κ3) is 3.06. The Labute approximate surface area is 234 Å². The van der Waals surface area contributed by atoms with Crippen molar-refractivity contribution in [1.82, 2.24) is 19.5 Å². The summed E-state index contributed by atoms with van der Waals surface area (Å²) in [6, 6.07) is 37.5. The summed E-state index contributed by atoms with van der Waals surface area (Å²) in [5.41, 5.74) is 8.69. The van der Waals surface area contributed by atoms with Crippen molar-refractivity contribution < 1.29 is 4.79 Å². The van der Waals surface area contributed by atoms with Crippen molar-refractivity contribution in [1.29, 1.82) is 0 Å². The summed E-state index contributed by atoms with van der Waals surface area (Å²) in [6.07, 6.45) is 3.49. The quantitative estimate of drug-likeness (QED) is 0.214. The second kappa shape index (κ2) is 8.16. The van der Waals surface area contributed by atoms with Crippen LogP contribution < -0.4 is 0 Å². The number of hydrogen-bond donors (Lipinski definition) is 0. The van der Waals surface area contributed by atoms with Crippen molar-refractivity contribution in [3.63, 3.8) is 0 Å². The summed E-state index contributed by atoms with van der Waals surface area (Å²) in [7, 11) is 0. The van der Waals surface area contributed by atoms with Crippen LogP contribution in [0.4, 0.5) is 0 Å². The monoisotopic (exact) mass is 524 g/mol.